The normalized spacial score (nSPS) is 9.96. The molecule has 24 heavy (non-hydrogen) atoms. The van der Waals surface area contributed by atoms with E-state index in [0.29, 0.717) is 16.8 Å². The molecule has 2 aromatic heterocycles. The van der Waals surface area contributed by atoms with E-state index >= 15 is 0 Å². The van der Waals surface area contributed by atoms with Gasteiger partial charge in [-0.2, -0.15) is 0 Å². The maximum absolute atomic E-state index is 11.9. The fourth-order valence-electron chi connectivity index (χ4n) is 1.84. The van der Waals surface area contributed by atoms with Crippen LogP contribution in [-0.2, 0) is 0 Å². The van der Waals surface area contributed by atoms with E-state index in [1.165, 1.54) is 24.4 Å². The number of anilines is 1. The Bertz CT molecular complexity index is 899. The first-order valence-corrected chi connectivity index (χ1v) is 7.24. The van der Waals surface area contributed by atoms with Crippen molar-refractivity contribution in [3.63, 3.8) is 0 Å². The highest BCUT2D eigenvalue weighted by Gasteiger charge is 2.10. The molecule has 124 valence electrons. The van der Waals surface area contributed by atoms with Gasteiger partial charge < -0.3 is 11.6 Å². The number of nitrogens with two attached hydrogens (primary N) is 2. The Morgan fingerprint density at radius 2 is 1.79 bits per heavy atom. The van der Waals surface area contributed by atoms with E-state index in [1.807, 2.05) is 0 Å². The molecule has 8 heteroatoms. The van der Waals surface area contributed by atoms with Crippen LogP contribution in [0.15, 0.2) is 53.5 Å². The molecule has 2 heterocycles. The van der Waals surface area contributed by atoms with Crippen LogP contribution in [0, 0.1) is 12.7 Å². The van der Waals surface area contributed by atoms with Crippen molar-refractivity contribution < 1.29 is 4.39 Å². The van der Waals surface area contributed by atoms with Crippen molar-refractivity contribution in [1.29, 1.82) is 0 Å². The quantitative estimate of drug-likeness (QED) is 0.520. The van der Waals surface area contributed by atoms with E-state index in [-0.39, 0.29) is 22.5 Å². The van der Waals surface area contributed by atoms with Gasteiger partial charge in [-0.25, -0.2) is 19.0 Å². The van der Waals surface area contributed by atoms with E-state index < -0.39 is 0 Å². The largest absolute Gasteiger partial charge is 0.368 e. The molecule has 0 bridgehead atoms. The first-order valence-electron chi connectivity index (χ1n) is 6.87. The van der Waals surface area contributed by atoms with E-state index in [2.05, 4.69) is 9.97 Å². The average Bonchev–Trinajstić information content (AvgIpc) is 2.55. The molecule has 0 aliphatic heterocycles. The minimum absolute atomic E-state index is 0.0744. The summed E-state index contributed by atoms with van der Waals surface area (Å²) in [6.07, 6.45) is 1.47. The third-order valence-electron chi connectivity index (χ3n) is 3.05. The maximum atomic E-state index is 11.9. The van der Waals surface area contributed by atoms with Gasteiger partial charge in [-0.05, 0) is 25.1 Å². The molecule has 3 aromatic rings. The number of rotatable bonds is 1. The fraction of sp³-hybridized carbons (Fsp3) is 0.0625. The molecule has 0 atom stereocenters. The molecule has 3 rings (SSSR count). The predicted molar refractivity (Wildman–Crippen MR) is 92.4 cm³/mol. The Labute approximate surface area is 142 Å². The first-order chi connectivity index (χ1) is 11.4. The predicted octanol–water partition coefficient (Wildman–Crippen LogP) is 2.39. The maximum Gasteiger partial charge on any atom is 0.268 e. The molecule has 0 saturated carbocycles. The van der Waals surface area contributed by atoms with E-state index in [9.17, 15) is 9.18 Å². The lowest BCUT2D eigenvalue weighted by Crippen LogP contribution is -2.25. The van der Waals surface area contributed by atoms with E-state index in [4.69, 9.17) is 23.2 Å². The summed E-state index contributed by atoms with van der Waals surface area (Å²) < 4.78 is 12.9. The number of halogens is 2. The van der Waals surface area contributed by atoms with Crippen LogP contribution in [0.5, 0.6) is 0 Å². The summed E-state index contributed by atoms with van der Waals surface area (Å²) in [7, 11) is 0. The summed E-state index contributed by atoms with van der Waals surface area (Å²) >= 11 is 5.91. The summed E-state index contributed by atoms with van der Waals surface area (Å²) in [5, 5.41) is 0.280. The number of benzene rings is 1. The molecule has 0 aliphatic carbocycles. The summed E-state index contributed by atoms with van der Waals surface area (Å²) in [6.45, 7) is 1.77. The highest BCUT2D eigenvalue weighted by atomic mass is 35.5. The zero-order valence-corrected chi connectivity index (χ0v) is 13.5. The molecule has 6 nitrogen and oxygen atoms in total. The van der Waals surface area contributed by atoms with E-state index in [0.717, 1.165) is 4.68 Å². The summed E-state index contributed by atoms with van der Waals surface area (Å²) in [5.74, 6) is 5.38. The Kier molecular flexibility index (Phi) is 5.49. The molecule has 0 fully saturated rings. The van der Waals surface area contributed by atoms with Crippen molar-refractivity contribution in [2.45, 2.75) is 6.92 Å². The fourth-order valence-corrected chi connectivity index (χ4v) is 2.02. The van der Waals surface area contributed by atoms with Crippen LogP contribution in [0.1, 0.15) is 5.56 Å². The van der Waals surface area contributed by atoms with Gasteiger partial charge in [0.2, 0.25) is 5.95 Å². The van der Waals surface area contributed by atoms with Gasteiger partial charge in [-0.1, -0.05) is 29.8 Å². The van der Waals surface area contributed by atoms with Gasteiger partial charge in [0.05, 0.1) is 5.69 Å². The molecule has 0 saturated heterocycles. The number of aromatic nitrogens is 3. The van der Waals surface area contributed by atoms with Gasteiger partial charge in [0.1, 0.15) is 11.0 Å². The van der Waals surface area contributed by atoms with Gasteiger partial charge in [-0.3, -0.25) is 4.79 Å². The van der Waals surface area contributed by atoms with Crippen LogP contribution in [0.2, 0.25) is 5.15 Å². The van der Waals surface area contributed by atoms with Gasteiger partial charge in [0, 0.05) is 23.4 Å². The molecule has 0 aliphatic rings. The zero-order chi connectivity index (χ0) is 17.7. The molecule has 0 unspecified atom stereocenters. The Hall–Kier alpha value is -2.93. The van der Waals surface area contributed by atoms with Crippen LogP contribution >= 0.6 is 11.6 Å². The van der Waals surface area contributed by atoms with Crippen LogP contribution in [0.25, 0.3) is 11.3 Å². The Morgan fingerprint density at radius 3 is 2.33 bits per heavy atom. The lowest BCUT2D eigenvalue weighted by Gasteiger charge is -2.08. The molecular formula is C16H15ClFN5O. The molecule has 0 spiro atoms. The first kappa shape index (κ1) is 17.4. The highest BCUT2D eigenvalue weighted by molar-refractivity contribution is 6.30. The summed E-state index contributed by atoms with van der Waals surface area (Å²) in [4.78, 5) is 19.1. The Balaban J connectivity index is 0.000000249. The standard InChI is InChI=1S/C10H10ClN5O.C6H5F/c1-5-8(14-10(12)15-9(5)11)6-2-3-7(17)16(13)4-6;7-6-4-2-1-3-5-6/h2-4H,13H2,1H3,(H2,12,14,15);1-5H. The highest BCUT2D eigenvalue weighted by Crippen LogP contribution is 2.25. The second kappa shape index (κ2) is 7.56. The van der Waals surface area contributed by atoms with Crippen LogP contribution in [-0.4, -0.2) is 14.6 Å². The minimum atomic E-state index is -0.306. The van der Waals surface area contributed by atoms with Crippen LogP contribution < -0.4 is 17.1 Å². The zero-order valence-electron chi connectivity index (χ0n) is 12.8. The summed E-state index contributed by atoms with van der Waals surface area (Å²) in [5.41, 5.74) is 7.11. The lowest BCUT2D eigenvalue weighted by atomic mass is 10.1. The van der Waals surface area contributed by atoms with Crippen molar-refractivity contribution >= 4 is 17.5 Å². The topological polar surface area (TPSA) is 99.8 Å². The van der Waals surface area contributed by atoms with Crippen molar-refractivity contribution in [1.82, 2.24) is 14.6 Å². The van der Waals surface area contributed by atoms with Gasteiger partial charge >= 0.3 is 0 Å². The SMILES string of the molecule is Cc1c(Cl)nc(N)nc1-c1ccc(=O)n(N)c1.Fc1ccccc1. The van der Waals surface area contributed by atoms with Gasteiger partial charge in [0.15, 0.2) is 0 Å². The van der Waals surface area contributed by atoms with Crippen molar-refractivity contribution in [3.05, 3.63) is 75.5 Å². The number of nitrogen functional groups attached to an aromatic ring is 2. The number of pyridine rings is 1. The van der Waals surface area contributed by atoms with Gasteiger partial charge in [-0.15, -0.1) is 0 Å². The second-order valence-corrected chi connectivity index (χ2v) is 5.16. The van der Waals surface area contributed by atoms with Gasteiger partial charge in [0.25, 0.3) is 5.56 Å². The molecule has 0 radical (unpaired) electrons. The number of nitrogens with zero attached hydrogens (tertiary/aromatic N) is 3. The summed E-state index contributed by atoms with van der Waals surface area (Å²) in [6, 6.07) is 10.9. The molecular weight excluding hydrogens is 333 g/mol. The Morgan fingerprint density at radius 1 is 1.12 bits per heavy atom. The third kappa shape index (κ3) is 4.30. The van der Waals surface area contributed by atoms with E-state index in [1.54, 1.807) is 31.2 Å². The second-order valence-electron chi connectivity index (χ2n) is 4.81. The number of hydrogen-bond donors (Lipinski definition) is 2. The molecule has 1 aromatic carbocycles. The van der Waals surface area contributed by atoms with Crippen LogP contribution in [0.3, 0.4) is 0 Å². The molecule has 0 amide bonds. The minimum Gasteiger partial charge on any atom is -0.368 e. The third-order valence-corrected chi connectivity index (χ3v) is 3.42. The monoisotopic (exact) mass is 347 g/mol. The molecule has 4 N–H and O–H groups in total. The van der Waals surface area contributed by atoms with Crippen LogP contribution in [0.4, 0.5) is 10.3 Å². The smallest absolute Gasteiger partial charge is 0.268 e. The lowest BCUT2D eigenvalue weighted by molar-refractivity contribution is 0.628. The van der Waals surface area contributed by atoms with Crippen molar-refractivity contribution in [2.24, 2.45) is 0 Å². The van der Waals surface area contributed by atoms with Crippen molar-refractivity contribution in [2.75, 3.05) is 11.6 Å². The average molecular weight is 348 g/mol. The number of hydrogen-bond acceptors (Lipinski definition) is 5. The van der Waals surface area contributed by atoms with Crippen molar-refractivity contribution in [3.8, 4) is 11.3 Å².